The van der Waals surface area contributed by atoms with Gasteiger partial charge in [0.1, 0.15) is 17.8 Å². The first-order chi connectivity index (χ1) is 14.3. The number of ether oxygens (including phenoxy) is 1. The van der Waals surface area contributed by atoms with Gasteiger partial charge in [0.15, 0.2) is 0 Å². The van der Waals surface area contributed by atoms with E-state index in [9.17, 15) is 4.79 Å². The molecule has 0 spiro atoms. The first kappa shape index (κ1) is 23.1. The highest BCUT2D eigenvalue weighted by atomic mass is 32.2. The van der Waals surface area contributed by atoms with Crippen LogP contribution < -0.4 is 4.90 Å². The molecule has 2 saturated heterocycles. The van der Waals surface area contributed by atoms with E-state index >= 15 is 0 Å². The molecule has 0 saturated carbocycles. The van der Waals surface area contributed by atoms with Gasteiger partial charge < -0.3 is 19.1 Å². The van der Waals surface area contributed by atoms with Gasteiger partial charge in [-0.05, 0) is 51.1 Å². The van der Waals surface area contributed by atoms with Gasteiger partial charge in [-0.1, -0.05) is 0 Å². The van der Waals surface area contributed by atoms with E-state index < -0.39 is 5.60 Å². The lowest BCUT2D eigenvalue weighted by molar-refractivity contribution is -0.163. The van der Waals surface area contributed by atoms with Crippen LogP contribution in [0.5, 0.6) is 0 Å². The van der Waals surface area contributed by atoms with Crippen LogP contribution >= 0.6 is 12.2 Å². The summed E-state index contributed by atoms with van der Waals surface area (Å²) in [7, 11) is 1.49. The predicted octanol–water partition coefficient (Wildman–Crippen LogP) is 2.91. The predicted molar refractivity (Wildman–Crippen MR) is 113 cm³/mol. The molecule has 3 heterocycles. The Kier molecular flexibility index (Phi) is 8.20. The molecule has 1 aromatic rings. The summed E-state index contributed by atoms with van der Waals surface area (Å²) in [5.41, 5.74) is -0.452. The number of carbonyl (C=O) groups is 1. The number of aryl methyl sites for hydroxylation is 1. The van der Waals surface area contributed by atoms with Crippen LogP contribution in [0, 0.1) is 5.92 Å². The molecule has 2 fully saturated rings. The zero-order valence-corrected chi connectivity index (χ0v) is 19.2. The fourth-order valence-electron chi connectivity index (χ4n) is 3.57. The van der Waals surface area contributed by atoms with Gasteiger partial charge in [0, 0.05) is 45.7 Å². The smallest absolute Gasteiger partial charge is 0.410 e. The molecule has 170 valence electrons. The minimum atomic E-state index is -0.452. The quantitative estimate of drug-likeness (QED) is 0.271. The molecular weight excluding hydrogens is 410 g/mol. The van der Waals surface area contributed by atoms with E-state index in [0.29, 0.717) is 17.8 Å². The van der Waals surface area contributed by atoms with Crippen molar-refractivity contribution in [2.45, 2.75) is 52.1 Å². The van der Waals surface area contributed by atoms with Crippen molar-refractivity contribution in [1.82, 2.24) is 19.3 Å². The summed E-state index contributed by atoms with van der Waals surface area (Å²) in [5.74, 6) is 1.89. The van der Waals surface area contributed by atoms with E-state index in [4.69, 9.17) is 13.6 Å². The second kappa shape index (κ2) is 10.7. The summed E-state index contributed by atoms with van der Waals surface area (Å²) < 4.78 is 17.9. The number of rotatable bonds is 7. The summed E-state index contributed by atoms with van der Waals surface area (Å²) in [4.78, 5) is 25.3. The van der Waals surface area contributed by atoms with E-state index in [1.807, 2.05) is 25.7 Å². The molecule has 3 rings (SSSR count). The Hall–Kier alpha value is -1.56. The average molecular weight is 444 g/mol. The van der Waals surface area contributed by atoms with E-state index in [1.165, 1.54) is 19.3 Å². The van der Waals surface area contributed by atoms with Crippen LogP contribution in [0.1, 0.15) is 45.9 Å². The van der Waals surface area contributed by atoms with Crippen molar-refractivity contribution in [1.29, 1.82) is 0 Å². The third-order valence-electron chi connectivity index (χ3n) is 5.22. The molecule has 2 aliphatic heterocycles. The van der Waals surface area contributed by atoms with Crippen molar-refractivity contribution in [2.24, 2.45) is 5.92 Å². The molecule has 2 aliphatic rings. The minimum absolute atomic E-state index is 0.213. The Bertz CT molecular complexity index is 667. The van der Waals surface area contributed by atoms with E-state index in [-0.39, 0.29) is 6.09 Å². The Morgan fingerprint density at radius 1 is 1.17 bits per heavy atom. The molecule has 1 amide bonds. The van der Waals surface area contributed by atoms with Crippen LogP contribution in [0.3, 0.4) is 0 Å². The number of aromatic nitrogens is 2. The normalized spacial score (nSPS) is 19.3. The number of likely N-dealkylation sites (tertiary alicyclic amines) is 1. The Morgan fingerprint density at radius 2 is 1.87 bits per heavy atom. The second-order valence-electron chi connectivity index (χ2n) is 8.66. The maximum Gasteiger partial charge on any atom is 0.410 e. The highest BCUT2D eigenvalue weighted by Crippen LogP contribution is 2.24. The first-order valence-electron chi connectivity index (χ1n) is 10.5. The molecule has 0 aliphatic carbocycles. The van der Waals surface area contributed by atoms with Crippen LogP contribution in [0.15, 0.2) is 4.52 Å². The highest BCUT2D eigenvalue weighted by molar-refractivity contribution is 7.92. The number of piperidine rings is 1. The van der Waals surface area contributed by atoms with Gasteiger partial charge in [-0.15, -0.1) is 4.33 Å². The number of piperazine rings is 1. The third-order valence-corrected chi connectivity index (χ3v) is 5.99. The zero-order chi connectivity index (χ0) is 21.6. The molecule has 10 nitrogen and oxygen atoms in total. The van der Waals surface area contributed by atoms with Gasteiger partial charge in [-0.2, -0.15) is 4.98 Å². The minimum Gasteiger partial charge on any atom is -0.444 e. The SMILES string of the molecule is COOSN1CCN(c2noc(CCC3CCN(C(=O)OC(C)(C)C)CC3)n2)CC1. The number of carbonyl (C=O) groups excluding carboxylic acids is 1. The fraction of sp³-hybridized carbons (Fsp3) is 0.842. The van der Waals surface area contributed by atoms with Crippen molar-refractivity contribution in [3.63, 3.8) is 0 Å². The number of anilines is 1. The highest BCUT2D eigenvalue weighted by Gasteiger charge is 2.27. The Balaban J connectivity index is 1.37. The van der Waals surface area contributed by atoms with Crippen molar-refractivity contribution in [2.75, 3.05) is 51.3 Å². The van der Waals surface area contributed by atoms with Gasteiger partial charge in [0.05, 0.1) is 7.11 Å². The Labute approximate surface area is 182 Å². The van der Waals surface area contributed by atoms with Gasteiger partial charge in [-0.25, -0.2) is 14.0 Å². The maximum absolute atomic E-state index is 12.2. The lowest BCUT2D eigenvalue weighted by Gasteiger charge is -2.33. The van der Waals surface area contributed by atoms with Gasteiger partial charge in [-0.3, -0.25) is 0 Å². The molecule has 0 N–H and O–H groups in total. The van der Waals surface area contributed by atoms with E-state index in [2.05, 4.69) is 24.2 Å². The largest absolute Gasteiger partial charge is 0.444 e. The van der Waals surface area contributed by atoms with Crippen molar-refractivity contribution in [3.05, 3.63) is 5.89 Å². The fourth-order valence-corrected chi connectivity index (χ4v) is 4.03. The number of hydrogen-bond donors (Lipinski definition) is 0. The molecular formula is C19H33N5O5S. The van der Waals surface area contributed by atoms with Gasteiger partial charge >= 0.3 is 6.09 Å². The topological polar surface area (TPSA) is 93.4 Å². The first-order valence-corrected chi connectivity index (χ1v) is 11.2. The van der Waals surface area contributed by atoms with Crippen molar-refractivity contribution >= 4 is 24.3 Å². The van der Waals surface area contributed by atoms with Gasteiger partial charge in [0.25, 0.3) is 5.95 Å². The number of amides is 1. The summed E-state index contributed by atoms with van der Waals surface area (Å²) in [6, 6.07) is 0. The molecule has 0 bridgehead atoms. The van der Waals surface area contributed by atoms with Crippen LogP contribution in [-0.4, -0.2) is 77.4 Å². The van der Waals surface area contributed by atoms with Crippen LogP contribution in [0.25, 0.3) is 0 Å². The summed E-state index contributed by atoms with van der Waals surface area (Å²) >= 11 is 1.22. The molecule has 0 atom stereocenters. The summed E-state index contributed by atoms with van der Waals surface area (Å²) in [6.07, 6.45) is 3.49. The monoisotopic (exact) mass is 443 g/mol. The maximum atomic E-state index is 12.2. The molecule has 30 heavy (non-hydrogen) atoms. The second-order valence-corrected chi connectivity index (χ2v) is 9.46. The van der Waals surface area contributed by atoms with E-state index in [1.54, 1.807) is 0 Å². The summed E-state index contributed by atoms with van der Waals surface area (Å²) in [5, 5.41) is 4.15. The average Bonchev–Trinajstić information content (AvgIpc) is 3.19. The number of nitrogens with zero attached hydrogens (tertiary/aromatic N) is 5. The molecule has 0 radical (unpaired) electrons. The lowest BCUT2D eigenvalue weighted by atomic mass is 9.92. The van der Waals surface area contributed by atoms with Crippen molar-refractivity contribution in [3.8, 4) is 0 Å². The summed E-state index contributed by atoms with van der Waals surface area (Å²) in [6.45, 7) is 10.4. The molecule has 1 aromatic heterocycles. The molecule has 0 aromatic carbocycles. The molecule has 11 heteroatoms. The van der Waals surface area contributed by atoms with Crippen LogP contribution in [-0.2, 0) is 20.4 Å². The van der Waals surface area contributed by atoms with Crippen LogP contribution in [0.4, 0.5) is 10.7 Å². The van der Waals surface area contributed by atoms with Gasteiger partial charge in [0.2, 0.25) is 5.89 Å². The van der Waals surface area contributed by atoms with Crippen LogP contribution in [0.2, 0.25) is 0 Å². The lowest BCUT2D eigenvalue weighted by Crippen LogP contribution is -2.44. The zero-order valence-electron chi connectivity index (χ0n) is 18.3. The Morgan fingerprint density at radius 3 is 2.50 bits per heavy atom. The standard InChI is InChI=1S/C19H33N5O5S/c1-19(2,3)27-18(25)23-9-7-15(8-10-23)5-6-16-20-17(21-28-16)22-11-13-24(14-12-22)30-29-26-4/h15H,5-14H2,1-4H3. The third kappa shape index (κ3) is 7.00. The van der Waals surface area contributed by atoms with Crippen molar-refractivity contribution < 1.29 is 23.3 Å². The molecule has 0 unspecified atom stereocenters. The van der Waals surface area contributed by atoms with E-state index in [0.717, 1.165) is 65.0 Å². The number of hydrogen-bond acceptors (Lipinski definition) is 10.